The summed E-state index contributed by atoms with van der Waals surface area (Å²) in [5.74, 6) is -0.487. The maximum atomic E-state index is 11.1. The average molecular weight is 188 g/mol. The molecule has 1 saturated heterocycles. The van der Waals surface area contributed by atoms with Gasteiger partial charge in [-0.25, -0.2) is 9.59 Å². The van der Waals surface area contributed by atoms with E-state index in [2.05, 4.69) is 9.47 Å². The van der Waals surface area contributed by atoms with E-state index in [0.717, 1.165) is 6.42 Å². The molecule has 1 unspecified atom stereocenters. The molecule has 1 fully saturated rings. The SMILES string of the molecule is CCCOC(=O)C1CCOC(=O)O1. The monoisotopic (exact) mass is 188 g/mol. The van der Waals surface area contributed by atoms with Crippen LogP contribution in [0.15, 0.2) is 0 Å². The van der Waals surface area contributed by atoms with Gasteiger partial charge in [0.25, 0.3) is 0 Å². The number of hydrogen-bond acceptors (Lipinski definition) is 5. The lowest BCUT2D eigenvalue weighted by Gasteiger charge is -2.20. The van der Waals surface area contributed by atoms with Gasteiger partial charge in [-0.2, -0.15) is 0 Å². The quantitative estimate of drug-likeness (QED) is 0.615. The van der Waals surface area contributed by atoms with E-state index in [-0.39, 0.29) is 6.61 Å². The van der Waals surface area contributed by atoms with E-state index < -0.39 is 18.2 Å². The number of carbonyl (C=O) groups is 2. The smallest absolute Gasteiger partial charge is 0.463 e. The standard InChI is InChI=1S/C8H12O5/c1-2-4-11-7(9)6-3-5-12-8(10)13-6/h6H,2-5H2,1H3. The van der Waals surface area contributed by atoms with Gasteiger partial charge in [-0.3, -0.25) is 0 Å². The van der Waals surface area contributed by atoms with Crippen molar-refractivity contribution in [1.82, 2.24) is 0 Å². The van der Waals surface area contributed by atoms with Gasteiger partial charge in [0.15, 0.2) is 0 Å². The van der Waals surface area contributed by atoms with Crippen LogP contribution in [0.25, 0.3) is 0 Å². The summed E-state index contributed by atoms with van der Waals surface area (Å²) in [6, 6.07) is 0. The maximum Gasteiger partial charge on any atom is 0.509 e. The highest BCUT2D eigenvalue weighted by molar-refractivity contribution is 5.78. The summed E-state index contributed by atoms with van der Waals surface area (Å²) in [5.41, 5.74) is 0. The van der Waals surface area contributed by atoms with Crippen LogP contribution in [0.3, 0.4) is 0 Å². The molecule has 0 saturated carbocycles. The Kier molecular flexibility index (Phi) is 3.54. The van der Waals surface area contributed by atoms with Gasteiger partial charge in [0.05, 0.1) is 13.2 Å². The number of cyclic esters (lactones) is 2. The minimum atomic E-state index is -0.801. The molecular weight excluding hydrogens is 176 g/mol. The Morgan fingerprint density at radius 1 is 1.69 bits per heavy atom. The van der Waals surface area contributed by atoms with Crippen LogP contribution in [0.2, 0.25) is 0 Å². The van der Waals surface area contributed by atoms with Crippen molar-refractivity contribution in [2.45, 2.75) is 25.9 Å². The Labute approximate surface area is 76.0 Å². The molecule has 1 rings (SSSR count). The molecule has 1 aliphatic rings. The summed E-state index contributed by atoms with van der Waals surface area (Å²) < 4.78 is 13.9. The molecule has 74 valence electrons. The molecule has 0 spiro atoms. The Morgan fingerprint density at radius 2 is 2.46 bits per heavy atom. The highest BCUT2D eigenvalue weighted by Crippen LogP contribution is 2.09. The second kappa shape index (κ2) is 4.69. The van der Waals surface area contributed by atoms with Gasteiger partial charge < -0.3 is 14.2 Å². The van der Waals surface area contributed by atoms with Crippen molar-refractivity contribution in [3.8, 4) is 0 Å². The summed E-state index contributed by atoms with van der Waals surface area (Å²) in [6.07, 6.45) is -0.463. The van der Waals surface area contributed by atoms with E-state index in [9.17, 15) is 9.59 Å². The zero-order valence-corrected chi connectivity index (χ0v) is 7.45. The van der Waals surface area contributed by atoms with Gasteiger partial charge in [0.2, 0.25) is 6.10 Å². The first-order valence-corrected chi connectivity index (χ1v) is 4.24. The first-order chi connectivity index (χ1) is 6.24. The Balaban J connectivity index is 2.32. The molecule has 0 aliphatic carbocycles. The van der Waals surface area contributed by atoms with Crippen molar-refractivity contribution in [2.75, 3.05) is 13.2 Å². The third-order valence-electron chi connectivity index (χ3n) is 1.55. The summed E-state index contributed by atoms with van der Waals surface area (Å²) >= 11 is 0. The molecule has 0 aromatic carbocycles. The molecule has 0 N–H and O–H groups in total. The summed E-state index contributed by atoms with van der Waals surface area (Å²) in [5, 5.41) is 0. The van der Waals surface area contributed by atoms with Crippen molar-refractivity contribution in [3.05, 3.63) is 0 Å². The van der Waals surface area contributed by atoms with Gasteiger partial charge in [-0.15, -0.1) is 0 Å². The first-order valence-electron chi connectivity index (χ1n) is 4.24. The van der Waals surface area contributed by atoms with Crippen molar-refractivity contribution < 1.29 is 23.8 Å². The molecule has 0 amide bonds. The first kappa shape index (κ1) is 9.83. The molecule has 1 heterocycles. The van der Waals surface area contributed by atoms with Crippen LogP contribution in [-0.2, 0) is 19.0 Å². The minimum Gasteiger partial charge on any atom is -0.463 e. The maximum absolute atomic E-state index is 11.1. The topological polar surface area (TPSA) is 61.8 Å². The highest BCUT2D eigenvalue weighted by Gasteiger charge is 2.29. The summed E-state index contributed by atoms with van der Waals surface area (Å²) in [6.45, 7) is 2.46. The van der Waals surface area contributed by atoms with Gasteiger partial charge in [0.1, 0.15) is 0 Å². The van der Waals surface area contributed by atoms with E-state index in [1.54, 1.807) is 0 Å². The molecule has 1 atom stereocenters. The predicted molar refractivity (Wildman–Crippen MR) is 42.1 cm³/mol. The van der Waals surface area contributed by atoms with Gasteiger partial charge in [-0.1, -0.05) is 6.92 Å². The second-order valence-electron chi connectivity index (χ2n) is 2.66. The number of carbonyl (C=O) groups excluding carboxylic acids is 2. The molecule has 13 heavy (non-hydrogen) atoms. The van der Waals surface area contributed by atoms with Crippen LogP contribution < -0.4 is 0 Å². The van der Waals surface area contributed by atoms with Crippen LogP contribution in [0.1, 0.15) is 19.8 Å². The van der Waals surface area contributed by atoms with Crippen molar-refractivity contribution in [3.63, 3.8) is 0 Å². The highest BCUT2D eigenvalue weighted by atomic mass is 16.7. The zero-order valence-electron chi connectivity index (χ0n) is 7.45. The lowest BCUT2D eigenvalue weighted by atomic mass is 10.2. The lowest BCUT2D eigenvalue weighted by molar-refractivity contribution is -0.159. The van der Waals surface area contributed by atoms with E-state index in [4.69, 9.17) is 4.74 Å². The number of rotatable bonds is 3. The van der Waals surface area contributed by atoms with Crippen molar-refractivity contribution >= 4 is 12.1 Å². The normalized spacial score (nSPS) is 21.6. The third kappa shape index (κ3) is 2.93. The van der Waals surface area contributed by atoms with Crippen LogP contribution in [-0.4, -0.2) is 31.4 Å². The van der Waals surface area contributed by atoms with Gasteiger partial charge in [0, 0.05) is 6.42 Å². The average Bonchev–Trinajstić information content (AvgIpc) is 2.14. The Bertz CT molecular complexity index is 201. The summed E-state index contributed by atoms with van der Waals surface area (Å²) in [4.78, 5) is 21.7. The molecule has 0 aromatic rings. The molecule has 0 radical (unpaired) electrons. The molecular formula is C8H12O5. The second-order valence-corrected chi connectivity index (χ2v) is 2.66. The predicted octanol–water partition coefficient (Wildman–Crippen LogP) is 0.865. The van der Waals surface area contributed by atoms with Crippen molar-refractivity contribution in [1.29, 1.82) is 0 Å². The van der Waals surface area contributed by atoms with E-state index in [1.165, 1.54) is 0 Å². The Hall–Kier alpha value is -1.26. The number of hydrogen-bond donors (Lipinski definition) is 0. The van der Waals surface area contributed by atoms with Crippen LogP contribution in [0, 0.1) is 0 Å². The van der Waals surface area contributed by atoms with E-state index in [0.29, 0.717) is 13.0 Å². The fourth-order valence-corrected chi connectivity index (χ4v) is 0.920. The van der Waals surface area contributed by atoms with Crippen molar-refractivity contribution in [2.24, 2.45) is 0 Å². The van der Waals surface area contributed by atoms with Gasteiger partial charge in [-0.05, 0) is 6.42 Å². The summed E-state index contributed by atoms with van der Waals surface area (Å²) in [7, 11) is 0. The van der Waals surface area contributed by atoms with E-state index in [1.807, 2.05) is 6.92 Å². The zero-order chi connectivity index (χ0) is 9.68. The van der Waals surface area contributed by atoms with Crippen LogP contribution in [0.4, 0.5) is 4.79 Å². The fraction of sp³-hybridized carbons (Fsp3) is 0.750. The third-order valence-corrected chi connectivity index (χ3v) is 1.55. The molecule has 1 aliphatic heterocycles. The number of esters is 1. The molecule has 5 heteroatoms. The van der Waals surface area contributed by atoms with Gasteiger partial charge >= 0.3 is 12.1 Å². The Morgan fingerprint density at radius 3 is 3.08 bits per heavy atom. The van der Waals surface area contributed by atoms with Crippen LogP contribution >= 0.6 is 0 Å². The molecule has 0 bridgehead atoms. The largest absolute Gasteiger partial charge is 0.509 e. The molecule has 5 nitrogen and oxygen atoms in total. The van der Waals surface area contributed by atoms with E-state index >= 15 is 0 Å². The fourth-order valence-electron chi connectivity index (χ4n) is 0.920. The number of ether oxygens (including phenoxy) is 3. The lowest BCUT2D eigenvalue weighted by Crippen LogP contribution is -2.35. The van der Waals surface area contributed by atoms with Crippen LogP contribution in [0.5, 0.6) is 0 Å². The molecule has 0 aromatic heterocycles. The minimum absolute atomic E-state index is 0.213.